The van der Waals surface area contributed by atoms with Gasteiger partial charge in [0, 0.05) is 6.04 Å². The first kappa shape index (κ1) is 12.9. The molecule has 82 valence electrons. The number of nitrogens with two attached hydrogens (primary N) is 1. The van der Waals surface area contributed by atoms with Gasteiger partial charge < -0.3 is 5.32 Å². The molecule has 0 aromatic carbocycles. The van der Waals surface area contributed by atoms with Gasteiger partial charge in [-0.1, -0.05) is 20.3 Å². The van der Waals surface area contributed by atoms with Crippen molar-refractivity contribution in [1.29, 1.82) is 0 Å². The summed E-state index contributed by atoms with van der Waals surface area (Å²) in [5.41, 5.74) is 1.79. The summed E-state index contributed by atoms with van der Waals surface area (Å²) in [5, 5.41) is 2.56. The molecular formula is C9H19N3O2. The van der Waals surface area contributed by atoms with Crippen molar-refractivity contribution in [3.63, 3.8) is 0 Å². The number of rotatable bonds is 4. The average Bonchev–Trinajstić information content (AvgIpc) is 2.15. The Morgan fingerprint density at radius 2 is 1.86 bits per heavy atom. The molecule has 0 heterocycles. The van der Waals surface area contributed by atoms with Crippen LogP contribution in [-0.2, 0) is 9.59 Å². The number of hydrogen-bond donors (Lipinski definition) is 3. The Balaban J connectivity index is 3.88. The molecular weight excluding hydrogens is 182 g/mol. The molecule has 2 atom stereocenters. The Morgan fingerprint density at radius 3 is 2.29 bits per heavy atom. The van der Waals surface area contributed by atoms with E-state index in [0.29, 0.717) is 5.92 Å². The van der Waals surface area contributed by atoms with Crippen LogP contribution in [0.25, 0.3) is 0 Å². The first-order chi connectivity index (χ1) is 6.51. The van der Waals surface area contributed by atoms with Crippen LogP contribution in [0.1, 0.15) is 33.6 Å². The van der Waals surface area contributed by atoms with Crippen molar-refractivity contribution >= 4 is 11.8 Å². The van der Waals surface area contributed by atoms with Crippen LogP contribution in [-0.4, -0.2) is 17.9 Å². The van der Waals surface area contributed by atoms with Crippen molar-refractivity contribution in [2.75, 3.05) is 0 Å². The van der Waals surface area contributed by atoms with E-state index < -0.39 is 11.8 Å². The lowest BCUT2D eigenvalue weighted by Crippen LogP contribution is -2.46. The largest absolute Gasteiger partial charge is 0.345 e. The SMILES string of the molecule is CCC(C)CC(C)NC(=O)C(=O)NN. The maximum Gasteiger partial charge on any atom is 0.323 e. The van der Waals surface area contributed by atoms with Crippen LogP contribution in [0.4, 0.5) is 0 Å². The molecule has 0 aromatic heterocycles. The lowest BCUT2D eigenvalue weighted by molar-refractivity contribution is -0.139. The first-order valence-electron chi connectivity index (χ1n) is 4.82. The standard InChI is InChI=1S/C9H19N3O2/c1-4-6(2)5-7(3)11-8(13)9(14)12-10/h6-7H,4-5,10H2,1-3H3,(H,11,13)(H,12,14). The van der Waals surface area contributed by atoms with Gasteiger partial charge in [-0.05, 0) is 19.3 Å². The minimum atomic E-state index is -0.805. The average molecular weight is 201 g/mol. The number of amides is 2. The van der Waals surface area contributed by atoms with E-state index in [0.717, 1.165) is 12.8 Å². The molecule has 0 saturated heterocycles. The Hall–Kier alpha value is -1.10. The van der Waals surface area contributed by atoms with Gasteiger partial charge in [0.2, 0.25) is 0 Å². The minimum absolute atomic E-state index is 0.00486. The van der Waals surface area contributed by atoms with Crippen LogP contribution in [0.2, 0.25) is 0 Å². The fraction of sp³-hybridized carbons (Fsp3) is 0.778. The maximum absolute atomic E-state index is 11.1. The molecule has 0 spiro atoms. The van der Waals surface area contributed by atoms with E-state index in [-0.39, 0.29) is 6.04 Å². The van der Waals surface area contributed by atoms with Crippen LogP contribution in [0.3, 0.4) is 0 Å². The molecule has 0 fully saturated rings. The van der Waals surface area contributed by atoms with Crippen molar-refractivity contribution in [1.82, 2.24) is 10.7 Å². The highest BCUT2D eigenvalue weighted by atomic mass is 16.2. The lowest BCUT2D eigenvalue weighted by atomic mass is 10.0. The van der Waals surface area contributed by atoms with E-state index in [9.17, 15) is 9.59 Å². The molecule has 0 aliphatic carbocycles. The normalized spacial score (nSPS) is 14.3. The maximum atomic E-state index is 11.1. The predicted octanol–water partition coefficient (Wildman–Crippen LogP) is -0.0828. The summed E-state index contributed by atoms with van der Waals surface area (Å²) in [4.78, 5) is 21.8. The van der Waals surface area contributed by atoms with Crippen LogP contribution < -0.4 is 16.6 Å². The Kier molecular flexibility index (Phi) is 5.87. The van der Waals surface area contributed by atoms with E-state index in [1.807, 2.05) is 6.92 Å². The van der Waals surface area contributed by atoms with Crippen LogP contribution in [0, 0.1) is 5.92 Å². The zero-order chi connectivity index (χ0) is 11.1. The zero-order valence-electron chi connectivity index (χ0n) is 8.96. The van der Waals surface area contributed by atoms with Crippen molar-refractivity contribution in [2.45, 2.75) is 39.7 Å². The summed E-state index contributed by atoms with van der Waals surface area (Å²) in [6.45, 7) is 6.06. The van der Waals surface area contributed by atoms with Crippen LogP contribution >= 0.6 is 0 Å². The van der Waals surface area contributed by atoms with Crippen LogP contribution in [0.5, 0.6) is 0 Å². The highest BCUT2D eigenvalue weighted by Crippen LogP contribution is 2.08. The van der Waals surface area contributed by atoms with Crippen molar-refractivity contribution in [3.05, 3.63) is 0 Å². The van der Waals surface area contributed by atoms with E-state index in [1.54, 1.807) is 5.43 Å². The second-order valence-corrected chi connectivity index (χ2v) is 3.60. The van der Waals surface area contributed by atoms with E-state index in [1.165, 1.54) is 0 Å². The van der Waals surface area contributed by atoms with Gasteiger partial charge in [-0.3, -0.25) is 15.0 Å². The molecule has 2 amide bonds. The molecule has 0 aliphatic heterocycles. The molecule has 0 aliphatic rings. The van der Waals surface area contributed by atoms with E-state index in [2.05, 4.69) is 19.2 Å². The molecule has 0 saturated carbocycles. The second-order valence-electron chi connectivity index (χ2n) is 3.60. The number of hydrogen-bond acceptors (Lipinski definition) is 3. The molecule has 0 bridgehead atoms. The summed E-state index contributed by atoms with van der Waals surface area (Å²) < 4.78 is 0. The number of carbonyl (C=O) groups is 2. The second kappa shape index (κ2) is 6.37. The third kappa shape index (κ3) is 4.81. The van der Waals surface area contributed by atoms with Crippen molar-refractivity contribution in [3.8, 4) is 0 Å². The monoisotopic (exact) mass is 201 g/mol. The summed E-state index contributed by atoms with van der Waals surface area (Å²) in [5.74, 6) is 3.87. The molecule has 4 N–H and O–H groups in total. The van der Waals surface area contributed by atoms with Crippen molar-refractivity contribution < 1.29 is 9.59 Å². The van der Waals surface area contributed by atoms with Gasteiger partial charge in [0.15, 0.2) is 0 Å². The zero-order valence-corrected chi connectivity index (χ0v) is 8.96. The van der Waals surface area contributed by atoms with Gasteiger partial charge in [-0.2, -0.15) is 0 Å². The smallest absolute Gasteiger partial charge is 0.323 e. The third-order valence-corrected chi connectivity index (χ3v) is 2.17. The molecule has 0 rings (SSSR count). The van der Waals surface area contributed by atoms with Gasteiger partial charge in [-0.25, -0.2) is 5.84 Å². The van der Waals surface area contributed by atoms with E-state index in [4.69, 9.17) is 5.84 Å². The molecule has 2 unspecified atom stereocenters. The van der Waals surface area contributed by atoms with Gasteiger partial charge >= 0.3 is 11.8 Å². The number of carbonyl (C=O) groups excluding carboxylic acids is 2. The molecule has 5 nitrogen and oxygen atoms in total. The lowest BCUT2D eigenvalue weighted by Gasteiger charge is -2.16. The van der Waals surface area contributed by atoms with Gasteiger partial charge in [0.1, 0.15) is 0 Å². The summed E-state index contributed by atoms with van der Waals surface area (Å²) >= 11 is 0. The first-order valence-corrected chi connectivity index (χ1v) is 4.82. The summed E-state index contributed by atoms with van der Waals surface area (Å²) in [6.07, 6.45) is 1.92. The van der Waals surface area contributed by atoms with Gasteiger partial charge in [-0.15, -0.1) is 0 Å². The Morgan fingerprint density at radius 1 is 1.29 bits per heavy atom. The fourth-order valence-corrected chi connectivity index (χ4v) is 1.18. The quantitative estimate of drug-likeness (QED) is 0.257. The minimum Gasteiger partial charge on any atom is -0.345 e. The topological polar surface area (TPSA) is 84.2 Å². The molecule has 0 aromatic rings. The Bertz CT molecular complexity index is 206. The molecule has 14 heavy (non-hydrogen) atoms. The van der Waals surface area contributed by atoms with Crippen LogP contribution in [0.15, 0.2) is 0 Å². The highest BCUT2D eigenvalue weighted by molar-refractivity contribution is 6.34. The predicted molar refractivity (Wildman–Crippen MR) is 54.0 cm³/mol. The Labute approximate surface area is 84.4 Å². The molecule has 5 heteroatoms. The number of nitrogens with one attached hydrogen (secondary N) is 2. The van der Waals surface area contributed by atoms with E-state index >= 15 is 0 Å². The fourth-order valence-electron chi connectivity index (χ4n) is 1.18. The van der Waals surface area contributed by atoms with Crippen molar-refractivity contribution in [2.24, 2.45) is 11.8 Å². The summed E-state index contributed by atoms with van der Waals surface area (Å²) in [7, 11) is 0. The molecule has 0 radical (unpaired) electrons. The van der Waals surface area contributed by atoms with Gasteiger partial charge in [0.25, 0.3) is 0 Å². The van der Waals surface area contributed by atoms with Gasteiger partial charge in [0.05, 0.1) is 0 Å². The third-order valence-electron chi connectivity index (χ3n) is 2.17. The summed E-state index contributed by atoms with van der Waals surface area (Å²) in [6, 6.07) is -0.00486. The highest BCUT2D eigenvalue weighted by Gasteiger charge is 2.15. The number of hydrazine groups is 1.